The first-order valence-corrected chi connectivity index (χ1v) is 21.4. The van der Waals surface area contributed by atoms with Crippen LogP contribution in [0.15, 0.2) is 97.5 Å². The van der Waals surface area contributed by atoms with Crippen LogP contribution in [0.5, 0.6) is 17.4 Å². The Morgan fingerprint density at radius 3 is 2.59 bits per heavy atom. The molecule has 8 rings (SSSR count). The molecule has 1 aliphatic heterocycles. The number of aliphatic carboxylic acids is 1. The van der Waals surface area contributed by atoms with Crippen LogP contribution in [0.3, 0.4) is 0 Å². The predicted octanol–water partition coefficient (Wildman–Crippen LogP) is 8.76. The van der Waals surface area contributed by atoms with Gasteiger partial charge in [0.05, 0.1) is 48.6 Å². The second kappa shape index (κ2) is 20.0. The fourth-order valence-corrected chi connectivity index (χ4v) is 8.75. The Hall–Kier alpha value is -6.07. The molecule has 0 spiro atoms. The Morgan fingerprint density at radius 1 is 1.00 bits per heavy atom. The molecule has 1 atom stereocenters. The lowest BCUT2D eigenvalue weighted by atomic mass is 9.94. The summed E-state index contributed by atoms with van der Waals surface area (Å²) in [6.45, 7) is 3.77. The first-order valence-electron chi connectivity index (χ1n) is 20.2. The number of carbonyl (C=O) groups is 1. The second-order valence-electron chi connectivity index (χ2n) is 14.6. The number of hydrogen-bond acceptors (Lipinski definition) is 13. The van der Waals surface area contributed by atoms with Gasteiger partial charge >= 0.3 is 5.97 Å². The van der Waals surface area contributed by atoms with Crippen molar-refractivity contribution in [2.45, 2.75) is 45.3 Å². The minimum atomic E-state index is -1.45. The van der Waals surface area contributed by atoms with E-state index in [4.69, 9.17) is 40.3 Å². The first kappa shape index (κ1) is 43.6. The molecule has 4 aromatic carbocycles. The van der Waals surface area contributed by atoms with E-state index in [0.717, 1.165) is 22.4 Å². The lowest BCUT2D eigenvalue weighted by Gasteiger charge is -2.25. The maximum atomic E-state index is 14.2. The summed E-state index contributed by atoms with van der Waals surface area (Å²) >= 11 is 8.41. The molecule has 63 heavy (non-hydrogen) atoms. The summed E-state index contributed by atoms with van der Waals surface area (Å²) in [5.41, 5.74) is 6.17. The van der Waals surface area contributed by atoms with Gasteiger partial charge in [-0.3, -0.25) is 0 Å². The van der Waals surface area contributed by atoms with E-state index in [2.05, 4.69) is 20.3 Å². The van der Waals surface area contributed by atoms with Crippen LogP contribution in [0.4, 0.5) is 4.39 Å². The zero-order chi connectivity index (χ0) is 43.9. The molecular weight excluding hydrogens is 849 g/mol. The number of carboxylic acid groups (broad SMARTS) is 1. The highest BCUT2D eigenvalue weighted by Gasteiger charge is 2.29. The van der Waals surface area contributed by atoms with Crippen LogP contribution in [0, 0.1) is 12.7 Å². The van der Waals surface area contributed by atoms with Gasteiger partial charge in [-0.25, -0.2) is 29.1 Å². The van der Waals surface area contributed by atoms with Crippen molar-refractivity contribution < 1.29 is 43.1 Å². The molecule has 13 nitrogen and oxygen atoms in total. The van der Waals surface area contributed by atoms with Crippen molar-refractivity contribution in [2.75, 3.05) is 33.5 Å². The Kier molecular flexibility index (Phi) is 13.8. The van der Waals surface area contributed by atoms with E-state index >= 15 is 0 Å². The van der Waals surface area contributed by atoms with Crippen LogP contribution >= 0.6 is 22.9 Å². The molecular formula is C47H43ClFN5O8S. The number of ether oxygens (including phenoxy) is 5. The summed E-state index contributed by atoms with van der Waals surface area (Å²) in [7, 11) is 1.58. The number of benzene rings is 4. The number of halogens is 2. The molecule has 1 unspecified atom stereocenters. The highest BCUT2D eigenvalue weighted by molar-refractivity contribution is 7.22. The minimum Gasteiger partial charge on any atom is -0.496 e. The SMILES string of the molecule is COc1ccccc1-c1nccc(COc2ccc(CNCCO)cc2CC(Oc2ncnc3sc(-c4ccc(F)cc4)c(-c4ccc(C5OCCCO5)c(Cl)c4C)c23)C(=O)O)n1. The number of carboxylic acids is 1. The van der Waals surface area contributed by atoms with E-state index in [1.807, 2.05) is 55.5 Å². The molecule has 7 aromatic rings. The van der Waals surface area contributed by atoms with Crippen LogP contribution in [0.2, 0.25) is 5.02 Å². The molecule has 324 valence electrons. The van der Waals surface area contributed by atoms with Gasteiger partial charge in [0.2, 0.25) is 12.0 Å². The minimum absolute atomic E-state index is 0.0404. The molecule has 4 heterocycles. The van der Waals surface area contributed by atoms with Crippen LogP contribution in [-0.2, 0) is 33.8 Å². The number of fused-ring (bicyclic) bond motifs is 1. The summed E-state index contributed by atoms with van der Waals surface area (Å²) in [5, 5.41) is 24.2. The van der Waals surface area contributed by atoms with Crippen LogP contribution in [0.1, 0.15) is 40.7 Å². The van der Waals surface area contributed by atoms with Gasteiger partial charge in [0, 0.05) is 41.7 Å². The van der Waals surface area contributed by atoms with E-state index in [0.29, 0.717) is 97.9 Å². The maximum absolute atomic E-state index is 14.2. The Labute approximate surface area is 371 Å². The summed E-state index contributed by atoms with van der Waals surface area (Å²) in [5.74, 6) is -0.0736. The smallest absolute Gasteiger partial charge is 0.345 e. The van der Waals surface area contributed by atoms with Crippen LogP contribution in [0.25, 0.3) is 43.2 Å². The van der Waals surface area contributed by atoms with Gasteiger partial charge in [0.1, 0.15) is 35.1 Å². The fraction of sp³-hybridized carbons (Fsp3) is 0.255. The molecule has 1 aliphatic rings. The van der Waals surface area contributed by atoms with Crippen molar-refractivity contribution in [3.63, 3.8) is 0 Å². The molecule has 0 saturated carbocycles. The molecule has 0 aliphatic carbocycles. The molecule has 0 bridgehead atoms. The largest absolute Gasteiger partial charge is 0.496 e. The van der Waals surface area contributed by atoms with Gasteiger partial charge in [-0.05, 0) is 77.6 Å². The van der Waals surface area contributed by atoms with E-state index in [1.165, 1.54) is 29.8 Å². The topological polar surface area (TPSA) is 167 Å². The normalized spacial score (nSPS) is 13.5. The standard InChI is InChI=1S/C47H43ClFN5O8S/c1-27-33(13-14-35(41(27)48)47-59-20-5-21-60-47)39-40-44(52-26-53-45(40)63-42(39)29-9-11-31(49)12-10-29)62-38(46(56)57)23-30-22-28(24-50-18-19-55)8-15-36(30)61-25-32-16-17-51-43(54-32)34-6-3-4-7-37(34)58-2/h3-4,6-17,22,26,38,47,50,55H,5,18-21,23-25H2,1-2H3,(H,56,57). The number of nitrogens with one attached hydrogen (secondary N) is 1. The summed E-state index contributed by atoms with van der Waals surface area (Å²) in [4.78, 5) is 32.7. The van der Waals surface area contributed by atoms with E-state index in [9.17, 15) is 19.4 Å². The van der Waals surface area contributed by atoms with Gasteiger partial charge in [-0.15, -0.1) is 11.3 Å². The quantitative estimate of drug-likeness (QED) is 0.0744. The van der Waals surface area contributed by atoms with Crippen molar-refractivity contribution in [1.29, 1.82) is 0 Å². The van der Waals surface area contributed by atoms with Crippen molar-refractivity contribution in [1.82, 2.24) is 25.3 Å². The Balaban J connectivity index is 1.16. The second-order valence-corrected chi connectivity index (χ2v) is 16.0. The molecule has 16 heteroatoms. The number of methoxy groups -OCH3 is 1. The van der Waals surface area contributed by atoms with Crippen molar-refractivity contribution in [3.05, 3.63) is 136 Å². The Bertz CT molecular complexity index is 2730. The monoisotopic (exact) mass is 891 g/mol. The number of thiophene rings is 1. The van der Waals surface area contributed by atoms with Crippen molar-refractivity contribution >= 4 is 39.1 Å². The third-order valence-corrected chi connectivity index (χ3v) is 12.1. The molecule has 3 N–H and O–H groups in total. The zero-order valence-corrected chi connectivity index (χ0v) is 35.9. The molecule has 3 aromatic heterocycles. The lowest BCUT2D eigenvalue weighted by molar-refractivity contribution is -0.182. The average molecular weight is 892 g/mol. The molecule has 1 saturated heterocycles. The highest BCUT2D eigenvalue weighted by Crippen LogP contribution is 2.49. The van der Waals surface area contributed by atoms with Gasteiger partial charge < -0.3 is 39.2 Å². The zero-order valence-electron chi connectivity index (χ0n) is 34.3. The maximum Gasteiger partial charge on any atom is 0.345 e. The summed E-state index contributed by atoms with van der Waals surface area (Å²) in [6, 6.07) is 24.6. The number of aliphatic hydroxyl groups is 1. The third kappa shape index (κ3) is 9.79. The number of aliphatic hydroxyl groups excluding tert-OH is 1. The van der Waals surface area contributed by atoms with E-state index < -0.39 is 24.2 Å². The molecule has 0 amide bonds. The van der Waals surface area contributed by atoms with Crippen LogP contribution < -0.4 is 19.5 Å². The predicted molar refractivity (Wildman–Crippen MR) is 237 cm³/mol. The van der Waals surface area contributed by atoms with Crippen molar-refractivity contribution in [3.8, 4) is 50.3 Å². The number of hydrogen-bond donors (Lipinski definition) is 3. The number of aromatic nitrogens is 4. The Morgan fingerprint density at radius 2 is 1.81 bits per heavy atom. The number of para-hydroxylation sites is 1. The van der Waals surface area contributed by atoms with Crippen LogP contribution in [-0.4, -0.2) is 75.7 Å². The van der Waals surface area contributed by atoms with Gasteiger partial charge in [0.25, 0.3) is 0 Å². The number of rotatable bonds is 17. The lowest BCUT2D eigenvalue weighted by Crippen LogP contribution is -2.30. The molecule has 0 radical (unpaired) electrons. The fourth-order valence-electron chi connectivity index (χ4n) is 7.34. The first-order chi connectivity index (χ1) is 30.7. The van der Waals surface area contributed by atoms with E-state index in [1.54, 1.807) is 37.6 Å². The molecule has 1 fully saturated rings. The highest BCUT2D eigenvalue weighted by atomic mass is 35.5. The average Bonchev–Trinajstić information content (AvgIpc) is 3.70. The van der Waals surface area contributed by atoms with Gasteiger partial charge in [0.15, 0.2) is 12.1 Å². The van der Waals surface area contributed by atoms with Gasteiger partial charge in [-0.1, -0.05) is 60.1 Å². The van der Waals surface area contributed by atoms with E-state index in [-0.39, 0.29) is 25.5 Å². The van der Waals surface area contributed by atoms with Gasteiger partial charge in [-0.2, -0.15) is 0 Å². The number of nitrogens with zero attached hydrogens (tertiary/aromatic N) is 4. The van der Waals surface area contributed by atoms with Crippen molar-refractivity contribution in [2.24, 2.45) is 0 Å². The summed E-state index contributed by atoms with van der Waals surface area (Å²) in [6.07, 6.45) is 1.56. The third-order valence-electron chi connectivity index (χ3n) is 10.4. The summed E-state index contributed by atoms with van der Waals surface area (Å²) < 4.78 is 44.3.